The Morgan fingerprint density at radius 3 is 2.47 bits per heavy atom. The fourth-order valence-electron chi connectivity index (χ4n) is 2.40. The fourth-order valence-corrected chi connectivity index (χ4v) is 3.06. The molecule has 1 aliphatic carbocycles. The molecular weight excluding hydrogens is 279 g/mol. The molecule has 1 aromatic heterocycles. The first kappa shape index (κ1) is 14.1. The number of hydrogen-bond acceptors (Lipinski definition) is 4. The number of nitrogens with two attached hydrogens (primary N) is 1. The van der Waals surface area contributed by atoms with Crippen LogP contribution in [0.25, 0.3) is 0 Å². The molecule has 19 heavy (non-hydrogen) atoms. The lowest BCUT2D eigenvalue weighted by Crippen LogP contribution is -2.51. The highest BCUT2D eigenvalue weighted by molar-refractivity contribution is 7.13. The van der Waals surface area contributed by atoms with Crippen LogP contribution >= 0.6 is 11.3 Å². The van der Waals surface area contributed by atoms with Crippen molar-refractivity contribution in [1.29, 1.82) is 0 Å². The van der Waals surface area contributed by atoms with E-state index in [0.29, 0.717) is 23.7 Å². The molecule has 0 aliphatic heterocycles. The molecule has 8 heteroatoms. The van der Waals surface area contributed by atoms with Gasteiger partial charge in [-0.1, -0.05) is 19.3 Å². The number of thiazole rings is 1. The highest BCUT2D eigenvalue weighted by Gasteiger charge is 2.46. The van der Waals surface area contributed by atoms with Gasteiger partial charge in [0, 0.05) is 5.38 Å². The molecule has 1 aliphatic rings. The maximum Gasteiger partial charge on any atom is 0.471 e. The number of carbonyl (C=O) groups is 1. The van der Waals surface area contributed by atoms with Crippen LogP contribution in [0.15, 0.2) is 5.38 Å². The predicted octanol–water partition coefficient (Wildman–Crippen LogP) is 2.56. The Balaban J connectivity index is 2.28. The molecule has 106 valence electrons. The van der Waals surface area contributed by atoms with E-state index in [2.05, 4.69) is 10.3 Å². The van der Waals surface area contributed by atoms with Crippen molar-refractivity contribution in [2.75, 3.05) is 5.73 Å². The molecule has 1 aromatic rings. The van der Waals surface area contributed by atoms with Gasteiger partial charge < -0.3 is 11.1 Å². The third-order valence-electron chi connectivity index (χ3n) is 3.33. The van der Waals surface area contributed by atoms with E-state index in [1.54, 1.807) is 5.38 Å². The largest absolute Gasteiger partial charge is 0.471 e. The zero-order valence-corrected chi connectivity index (χ0v) is 10.9. The van der Waals surface area contributed by atoms with Gasteiger partial charge in [-0.3, -0.25) is 4.79 Å². The standard InChI is InChI=1S/C11H14F3N3OS/c12-11(13,14)8(18)17-10(4-2-1-3-5-10)7-6-19-9(15)16-7/h6H,1-5H2,(H2,15,16)(H,17,18). The summed E-state index contributed by atoms with van der Waals surface area (Å²) in [6, 6.07) is 0. The molecule has 0 radical (unpaired) electrons. The second-order valence-corrected chi connectivity index (χ2v) is 5.56. The van der Waals surface area contributed by atoms with Crippen LogP contribution in [-0.2, 0) is 10.3 Å². The third-order valence-corrected chi connectivity index (χ3v) is 4.00. The van der Waals surface area contributed by atoms with Gasteiger partial charge in [-0.15, -0.1) is 11.3 Å². The summed E-state index contributed by atoms with van der Waals surface area (Å²) in [7, 11) is 0. The van der Waals surface area contributed by atoms with Gasteiger partial charge in [0.05, 0.1) is 11.2 Å². The van der Waals surface area contributed by atoms with Crippen molar-refractivity contribution < 1.29 is 18.0 Å². The van der Waals surface area contributed by atoms with E-state index in [0.717, 1.165) is 19.3 Å². The molecule has 0 unspecified atom stereocenters. The summed E-state index contributed by atoms with van der Waals surface area (Å²) in [4.78, 5) is 15.3. The van der Waals surface area contributed by atoms with Gasteiger partial charge in [-0.05, 0) is 12.8 Å². The number of hydrogen-bond donors (Lipinski definition) is 2. The van der Waals surface area contributed by atoms with Crippen molar-refractivity contribution in [2.24, 2.45) is 0 Å². The lowest BCUT2D eigenvalue weighted by atomic mass is 9.79. The van der Waals surface area contributed by atoms with E-state index in [1.165, 1.54) is 11.3 Å². The van der Waals surface area contributed by atoms with Crippen LogP contribution in [0.5, 0.6) is 0 Å². The quantitative estimate of drug-likeness (QED) is 0.880. The normalized spacial score (nSPS) is 19.1. The highest BCUT2D eigenvalue weighted by atomic mass is 32.1. The van der Waals surface area contributed by atoms with E-state index in [9.17, 15) is 18.0 Å². The molecule has 0 spiro atoms. The first-order valence-electron chi connectivity index (χ1n) is 5.94. The number of nitrogens with zero attached hydrogens (tertiary/aromatic N) is 1. The van der Waals surface area contributed by atoms with E-state index in [1.807, 2.05) is 0 Å². The van der Waals surface area contributed by atoms with Crippen LogP contribution in [0.1, 0.15) is 37.8 Å². The molecule has 1 fully saturated rings. The summed E-state index contributed by atoms with van der Waals surface area (Å²) in [6.07, 6.45) is -1.50. The minimum absolute atomic E-state index is 0.293. The Morgan fingerprint density at radius 2 is 2.00 bits per heavy atom. The van der Waals surface area contributed by atoms with Gasteiger partial charge in [0.2, 0.25) is 0 Å². The number of alkyl halides is 3. The Kier molecular flexibility index (Phi) is 3.71. The van der Waals surface area contributed by atoms with Crippen molar-refractivity contribution in [1.82, 2.24) is 10.3 Å². The molecule has 0 bridgehead atoms. The predicted molar refractivity (Wildman–Crippen MR) is 65.5 cm³/mol. The summed E-state index contributed by atoms with van der Waals surface area (Å²) in [5.74, 6) is -1.92. The van der Waals surface area contributed by atoms with Gasteiger partial charge in [-0.25, -0.2) is 4.98 Å². The first-order valence-corrected chi connectivity index (χ1v) is 6.82. The van der Waals surface area contributed by atoms with Crippen molar-refractivity contribution in [3.8, 4) is 0 Å². The van der Waals surface area contributed by atoms with Crippen LogP contribution in [0.2, 0.25) is 0 Å². The number of nitrogens with one attached hydrogen (secondary N) is 1. The molecule has 4 nitrogen and oxygen atoms in total. The molecule has 0 atom stereocenters. The van der Waals surface area contributed by atoms with E-state index in [-0.39, 0.29) is 0 Å². The SMILES string of the molecule is Nc1nc(C2(NC(=O)C(F)(F)F)CCCCC2)cs1. The van der Waals surface area contributed by atoms with Crippen LogP contribution < -0.4 is 11.1 Å². The second kappa shape index (κ2) is 4.99. The summed E-state index contributed by atoms with van der Waals surface area (Å²) in [5.41, 5.74) is 4.94. The zero-order valence-electron chi connectivity index (χ0n) is 10.1. The van der Waals surface area contributed by atoms with Crippen LogP contribution in [-0.4, -0.2) is 17.1 Å². The minimum Gasteiger partial charge on any atom is -0.375 e. The molecule has 2 rings (SSSR count). The topological polar surface area (TPSA) is 68.0 Å². The summed E-state index contributed by atoms with van der Waals surface area (Å²) < 4.78 is 37.3. The summed E-state index contributed by atoms with van der Waals surface area (Å²) in [6.45, 7) is 0. The Labute approximate surface area is 112 Å². The number of anilines is 1. The smallest absolute Gasteiger partial charge is 0.375 e. The monoisotopic (exact) mass is 293 g/mol. The molecular formula is C11H14F3N3OS. The van der Waals surface area contributed by atoms with Gasteiger partial charge in [-0.2, -0.15) is 13.2 Å². The van der Waals surface area contributed by atoms with E-state index in [4.69, 9.17) is 5.73 Å². The Bertz CT molecular complexity index is 466. The Morgan fingerprint density at radius 1 is 1.37 bits per heavy atom. The fraction of sp³-hybridized carbons (Fsp3) is 0.636. The molecule has 1 saturated carbocycles. The maximum absolute atomic E-state index is 12.4. The highest BCUT2D eigenvalue weighted by Crippen LogP contribution is 2.38. The van der Waals surface area contributed by atoms with E-state index < -0.39 is 17.6 Å². The first-order chi connectivity index (χ1) is 8.83. The summed E-state index contributed by atoms with van der Waals surface area (Å²) in [5, 5.41) is 4.04. The number of nitrogen functional groups attached to an aromatic ring is 1. The Hall–Kier alpha value is -1.31. The average Bonchev–Trinajstić information content (AvgIpc) is 2.76. The lowest BCUT2D eigenvalue weighted by molar-refractivity contribution is -0.176. The van der Waals surface area contributed by atoms with Crippen LogP contribution in [0.4, 0.5) is 18.3 Å². The van der Waals surface area contributed by atoms with Gasteiger partial charge in [0.15, 0.2) is 5.13 Å². The number of carbonyl (C=O) groups excluding carboxylic acids is 1. The van der Waals surface area contributed by atoms with Gasteiger partial charge >= 0.3 is 12.1 Å². The third kappa shape index (κ3) is 2.99. The molecule has 0 aromatic carbocycles. The van der Waals surface area contributed by atoms with Crippen molar-refractivity contribution in [3.63, 3.8) is 0 Å². The molecule has 1 heterocycles. The minimum atomic E-state index is -4.88. The van der Waals surface area contributed by atoms with Crippen molar-refractivity contribution in [2.45, 2.75) is 43.8 Å². The molecule has 3 N–H and O–H groups in total. The molecule has 1 amide bonds. The second-order valence-electron chi connectivity index (χ2n) is 4.67. The average molecular weight is 293 g/mol. The number of amides is 1. The maximum atomic E-state index is 12.4. The lowest BCUT2D eigenvalue weighted by Gasteiger charge is -2.37. The number of rotatable bonds is 2. The van der Waals surface area contributed by atoms with Crippen LogP contribution in [0.3, 0.4) is 0 Å². The van der Waals surface area contributed by atoms with Crippen molar-refractivity contribution >= 4 is 22.4 Å². The number of aromatic nitrogens is 1. The molecule has 0 saturated heterocycles. The van der Waals surface area contributed by atoms with Gasteiger partial charge in [0.25, 0.3) is 0 Å². The van der Waals surface area contributed by atoms with Crippen molar-refractivity contribution in [3.05, 3.63) is 11.1 Å². The van der Waals surface area contributed by atoms with Crippen LogP contribution in [0, 0.1) is 0 Å². The number of halogens is 3. The zero-order chi connectivity index (χ0) is 14.1. The van der Waals surface area contributed by atoms with Gasteiger partial charge in [0.1, 0.15) is 0 Å². The summed E-state index contributed by atoms with van der Waals surface area (Å²) >= 11 is 1.17. The van der Waals surface area contributed by atoms with E-state index >= 15 is 0 Å².